The van der Waals surface area contributed by atoms with Crippen LogP contribution in [0.2, 0.25) is 0 Å². The van der Waals surface area contributed by atoms with Gasteiger partial charge in [0.2, 0.25) is 5.92 Å². The minimum absolute atomic E-state index is 0.0582. The number of carboxylic acid groups (broad SMARTS) is 1. The zero-order valence-electron chi connectivity index (χ0n) is 11.3. The van der Waals surface area contributed by atoms with E-state index in [0.717, 1.165) is 5.56 Å². The van der Waals surface area contributed by atoms with Crippen LogP contribution in [0, 0.1) is 5.41 Å². The van der Waals surface area contributed by atoms with Crippen LogP contribution in [0.5, 0.6) is 0 Å². The number of hydrogen-bond acceptors (Lipinski definition) is 2. The van der Waals surface area contributed by atoms with E-state index in [2.05, 4.69) is 0 Å². The fourth-order valence-corrected chi connectivity index (χ4v) is 2.65. The molecule has 0 bridgehead atoms. The summed E-state index contributed by atoms with van der Waals surface area (Å²) in [5, 5.41) is 9.28. The molecule has 20 heavy (non-hydrogen) atoms. The normalized spacial score (nSPS) is 29.1. The first kappa shape index (κ1) is 14.9. The summed E-state index contributed by atoms with van der Waals surface area (Å²) >= 11 is 0. The monoisotopic (exact) mass is 284 g/mol. The number of carboxylic acids is 1. The summed E-state index contributed by atoms with van der Waals surface area (Å²) in [4.78, 5) is 11.4. The highest BCUT2D eigenvalue weighted by molar-refractivity contribution is 5.75. The van der Waals surface area contributed by atoms with Crippen molar-refractivity contribution in [2.45, 2.75) is 44.8 Å². The second kappa shape index (κ2) is 5.48. The fourth-order valence-electron chi connectivity index (χ4n) is 2.65. The summed E-state index contributed by atoms with van der Waals surface area (Å²) in [6, 6.07) is 9.28. The molecule has 2 unspecified atom stereocenters. The largest absolute Gasteiger partial charge is 0.481 e. The maximum atomic E-state index is 13.5. The van der Waals surface area contributed by atoms with Gasteiger partial charge in [0.25, 0.3) is 0 Å². The lowest BCUT2D eigenvalue weighted by molar-refractivity contribution is -0.185. The number of rotatable bonds is 4. The SMILES string of the molecule is CC1(C(=O)O)CC(F)(F)CCC1OCc1ccccc1. The number of hydrogen-bond donors (Lipinski definition) is 1. The Balaban J connectivity index is 2.08. The lowest BCUT2D eigenvalue weighted by atomic mass is 9.71. The van der Waals surface area contributed by atoms with Gasteiger partial charge >= 0.3 is 5.97 Å². The van der Waals surface area contributed by atoms with Crippen LogP contribution in [-0.2, 0) is 16.1 Å². The Morgan fingerprint density at radius 3 is 2.65 bits per heavy atom. The Morgan fingerprint density at radius 1 is 1.40 bits per heavy atom. The quantitative estimate of drug-likeness (QED) is 0.920. The fraction of sp³-hybridized carbons (Fsp3) is 0.533. The van der Waals surface area contributed by atoms with Gasteiger partial charge in [-0.05, 0) is 18.9 Å². The van der Waals surface area contributed by atoms with Crippen LogP contribution in [-0.4, -0.2) is 23.1 Å². The summed E-state index contributed by atoms with van der Waals surface area (Å²) in [5.74, 6) is -4.16. The molecule has 1 aromatic carbocycles. The van der Waals surface area contributed by atoms with Gasteiger partial charge in [0.1, 0.15) is 0 Å². The molecule has 1 N–H and O–H groups in total. The van der Waals surface area contributed by atoms with Crippen molar-refractivity contribution in [3.05, 3.63) is 35.9 Å². The van der Waals surface area contributed by atoms with Crippen molar-refractivity contribution >= 4 is 5.97 Å². The van der Waals surface area contributed by atoms with Crippen LogP contribution in [0.25, 0.3) is 0 Å². The highest BCUT2D eigenvalue weighted by Crippen LogP contribution is 2.46. The smallest absolute Gasteiger partial charge is 0.312 e. The van der Waals surface area contributed by atoms with Gasteiger partial charge in [-0.1, -0.05) is 30.3 Å². The molecule has 5 heteroatoms. The standard InChI is InChI=1S/C15H18F2O3/c1-14(13(18)19)10-15(16,17)8-7-12(14)20-9-11-5-3-2-4-6-11/h2-6,12H,7-10H2,1H3,(H,18,19). The zero-order chi connectivity index (χ0) is 14.8. The third-order valence-corrected chi connectivity index (χ3v) is 3.89. The minimum Gasteiger partial charge on any atom is -0.481 e. The van der Waals surface area contributed by atoms with Crippen molar-refractivity contribution in [2.24, 2.45) is 5.41 Å². The average Bonchev–Trinajstić information content (AvgIpc) is 2.38. The number of carbonyl (C=O) groups is 1. The highest BCUT2D eigenvalue weighted by atomic mass is 19.3. The first-order valence-electron chi connectivity index (χ1n) is 6.60. The molecular weight excluding hydrogens is 266 g/mol. The number of alkyl halides is 2. The third kappa shape index (κ3) is 3.15. The number of benzene rings is 1. The molecule has 0 amide bonds. The van der Waals surface area contributed by atoms with Gasteiger partial charge < -0.3 is 9.84 Å². The first-order chi connectivity index (χ1) is 9.33. The lowest BCUT2D eigenvalue weighted by Crippen LogP contribution is -2.49. The molecule has 0 radical (unpaired) electrons. The Hall–Kier alpha value is -1.49. The lowest BCUT2D eigenvalue weighted by Gasteiger charge is -2.41. The molecule has 0 spiro atoms. The van der Waals surface area contributed by atoms with Gasteiger partial charge in [0, 0.05) is 12.8 Å². The minimum atomic E-state index is -2.93. The predicted octanol–water partition coefficient (Wildman–Crippen LogP) is 3.48. The number of ether oxygens (including phenoxy) is 1. The molecule has 1 aromatic rings. The van der Waals surface area contributed by atoms with E-state index < -0.39 is 29.8 Å². The van der Waals surface area contributed by atoms with E-state index in [1.807, 2.05) is 30.3 Å². The Morgan fingerprint density at radius 2 is 2.05 bits per heavy atom. The van der Waals surface area contributed by atoms with Gasteiger partial charge in [-0.3, -0.25) is 4.79 Å². The molecular formula is C15H18F2O3. The molecule has 0 aliphatic heterocycles. The van der Waals surface area contributed by atoms with Crippen LogP contribution >= 0.6 is 0 Å². The van der Waals surface area contributed by atoms with Gasteiger partial charge in [0.05, 0.1) is 18.1 Å². The van der Waals surface area contributed by atoms with E-state index in [1.54, 1.807) is 0 Å². The van der Waals surface area contributed by atoms with Crippen molar-refractivity contribution in [1.29, 1.82) is 0 Å². The summed E-state index contributed by atoms with van der Waals surface area (Å²) in [7, 11) is 0. The van der Waals surface area contributed by atoms with Crippen molar-refractivity contribution in [3.8, 4) is 0 Å². The van der Waals surface area contributed by atoms with E-state index >= 15 is 0 Å². The molecule has 2 atom stereocenters. The second-order valence-corrected chi connectivity index (χ2v) is 5.58. The summed E-state index contributed by atoms with van der Waals surface area (Å²) in [5.41, 5.74) is -0.645. The number of aliphatic carboxylic acids is 1. The average molecular weight is 284 g/mol. The van der Waals surface area contributed by atoms with Crippen LogP contribution in [0.1, 0.15) is 31.7 Å². The molecule has 110 valence electrons. The van der Waals surface area contributed by atoms with Gasteiger partial charge in [-0.2, -0.15) is 0 Å². The second-order valence-electron chi connectivity index (χ2n) is 5.58. The molecule has 3 nitrogen and oxygen atoms in total. The molecule has 1 fully saturated rings. The van der Waals surface area contributed by atoms with Crippen LogP contribution in [0.4, 0.5) is 8.78 Å². The van der Waals surface area contributed by atoms with E-state index in [0.29, 0.717) is 0 Å². The van der Waals surface area contributed by atoms with E-state index in [4.69, 9.17) is 4.74 Å². The highest BCUT2D eigenvalue weighted by Gasteiger charge is 2.53. The predicted molar refractivity (Wildman–Crippen MR) is 69.6 cm³/mol. The van der Waals surface area contributed by atoms with Gasteiger partial charge in [-0.15, -0.1) is 0 Å². The maximum absolute atomic E-state index is 13.5. The van der Waals surface area contributed by atoms with E-state index in [9.17, 15) is 18.7 Å². The Labute approximate surface area is 116 Å². The molecule has 1 aliphatic rings. The van der Waals surface area contributed by atoms with E-state index in [1.165, 1.54) is 6.92 Å². The molecule has 0 heterocycles. The van der Waals surface area contributed by atoms with Crippen molar-refractivity contribution in [3.63, 3.8) is 0 Å². The Kier molecular flexibility index (Phi) is 4.09. The Bertz CT molecular complexity index is 475. The van der Waals surface area contributed by atoms with Crippen molar-refractivity contribution in [2.75, 3.05) is 0 Å². The van der Waals surface area contributed by atoms with Crippen molar-refractivity contribution in [1.82, 2.24) is 0 Å². The van der Waals surface area contributed by atoms with Crippen LogP contribution in [0.15, 0.2) is 30.3 Å². The van der Waals surface area contributed by atoms with Crippen LogP contribution < -0.4 is 0 Å². The third-order valence-electron chi connectivity index (χ3n) is 3.89. The summed E-state index contributed by atoms with van der Waals surface area (Å²) < 4.78 is 32.6. The van der Waals surface area contributed by atoms with Gasteiger partial charge in [0.15, 0.2) is 0 Å². The van der Waals surface area contributed by atoms with Crippen molar-refractivity contribution < 1.29 is 23.4 Å². The van der Waals surface area contributed by atoms with E-state index in [-0.39, 0.29) is 19.4 Å². The summed E-state index contributed by atoms with van der Waals surface area (Å²) in [6.45, 7) is 1.58. The zero-order valence-corrected chi connectivity index (χ0v) is 11.3. The number of halogens is 2. The van der Waals surface area contributed by atoms with Crippen LogP contribution in [0.3, 0.4) is 0 Å². The maximum Gasteiger partial charge on any atom is 0.312 e. The summed E-state index contributed by atoms with van der Waals surface area (Å²) in [6.07, 6.45) is -1.63. The molecule has 1 aliphatic carbocycles. The molecule has 0 saturated heterocycles. The topological polar surface area (TPSA) is 46.5 Å². The van der Waals surface area contributed by atoms with Gasteiger partial charge in [-0.25, -0.2) is 8.78 Å². The molecule has 2 rings (SSSR count). The molecule has 1 saturated carbocycles. The first-order valence-corrected chi connectivity index (χ1v) is 6.60. The molecule has 0 aromatic heterocycles.